The van der Waals surface area contributed by atoms with Crippen LogP contribution in [0.1, 0.15) is 22.9 Å². The van der Waals surface area contributed by atoms with Gasteiger partial charge in [-0.05, 0) is 166 Å². The van der Waals surface area contributed by atoms with E-state index in [1.54, 1.807) is 0 Å². The van der Waals surface area contributed by atoms with Crippen molar-refractivity contribution in [2.24, 2.45) is 9.98 Å². The van der Waals surface area contributed by atoms with Crippen LogP contribution in [-0.4, -0.2) is 45.7 Å². The second-order valence-corrected chi connectivity index (χ2v) is 31.5. The summed E-state index contributed by atoms with van der Waals surface area (Å²) in [5, 5.41) is 12.3. The normalized spacial score (nSPS) is 12.9. The Kier molecular flexibility index (Phi) is 17.0. The van der Waals surface area contributed by atoms with E-state index in [9.17, 15) is 0 Å². The lowest BCUT2D eigenvalue weighted by atomic mass is 9.91. The van der Waals surface area contributed by atoms with Crippen LogP contribution in [0.5, 0.6) is 0 Å². The van der Waals surface area contributed by atoms with Gasteiger partial charge < -0.3 is 23.3 Å². The number of benzene rings is 16. The Balaban J connectivity index is 0.630. The Morgan fingerprint density at radius 1 is 0.258 bits per heavy atom. The van der Waals surface area contributed by atoms with Crippen molar-refractivity contribution in [3.63, 3.8) is 0 Å². The smallest absolute Gasteiger partial charge is 0.166 e. The summed E-state index contributed by atoms with van der Waals surface area (Å²) in [7, 11) is 0. The van der Waals surface area contributed by atoms with Crippen LogP contribution in [0.4, 0.5) is 0 Å². The minimum atomic E-state index is -0.582. The van der Waals surface area contributed by atoms with Crippen LogP contribution in [0.15, 0.2) is 432 Å². The van der Waals surface area contributed by atoms with E-state index in [0.717, 1.165) is 211 Å². The third-order valence-corrected chi connectivity index (χ3v) is 24.1. The van der Waals surface area contributed by atoms with Crippen LogP contribution >= 0.6 is 0 Å². The van der Waals surface area contributed by atoms with Gasteiger partial charge in [0.15, 0.2) is 23.3 Å². The first-order chi connectivity index (χ1) is 61.4. The number of furan rings is 2. The topological polar surface area (TPSA) is 137 Å². The number of amidine groups is 2. The molecule has 1 aliphatic rings. The van der Waals surface area contributed by atoms with Gasteiger partial charge in [0.1, 0.15) is 34.3 Å². The largest absolute Gasteiger partial charge is 0.456 e. The molecule has 0 fully saturated rings. The number of hydrogen-bond acceptors (Lipinski definition) is 10. The van der Waals surface area contributed by atoms with E-state index in [1.165, 1.54) is 0 Å². The zero-order valence-electron chi connectivity index (χ0n) is 66.7. The number of nitrogens with one attached hydrogen (secondary N) is 1. The van der Waals surface area contributed by atoms with Crippen molar-refractivity contribution in [3.05, 3.63) is 429 Å². The minimum Gasteiger partial charge on any atom is -0.456 e. The van der Waals surface area contributed by atoms with Crippen LogP contribution < -0.4 is 5.32 Å². The number of fused-ring (bicyclic) bond motifs is 14. The maximum absolute atomic E-state index is 7.13. The molecular formula is C112H70N10O2. The summed E-state index contributed by atoms with van der Waals surface area (Å²) in [5.41, 5.74) is 28.4. The molecular weight excluding hydrogens is 1520 g/mol. The first-order valence-corrected chi connectivity index (χ1v) is 41.7. The van der Waals surface area contributed by atoms with Crippen molar-refractivity contribution < 1.29 is 8.83 Å². The Morgan fingerprint density at radius 2 is 0.702 bits per heavy atom. The molecule has 124 heavy (non-hydrogen) atoms. The molecule has 23 aromatic rings. The molecule has 16 aromatic carbocycles. The summed E-state index contributed by atoms with van der Waals surface area (Å²) >= 11 is 0. The van der Waals surface area contributed by atoms with Gasteiger partial charge in [0.05, 0.1) is 44.2 Å². The highest BCUT2D eigenvalue weighted by molar-refractivity contribution is 6.27. The van der Waals surface area contributed by atoms with Crippen LogP contribution in [-0.2, 0) is 0 Å². The average Bonchev–Trinajstić information content (AvgIpc) is 1.56. The zero-order valence-corrected chi connectivity index (χ0v) is 66.7. The predicted octanol–water partition coefficient (Wildman–Crippen LogP) is 27.8. The fraction of sp³-hybridized carbons (Fsp3) is 0.00893. The molecule has 12 heteroatoms. The standard InChI is InChI=1S/C112H70N10O2/c1-8-28-69(29-9-1)74-38-26-39-75(60-74)81-64-94(112-119-109(72-34-14-4-15-35-72)116-110(120-112)73-36-16-5-17-37-73)104(114-67-81)80-50-53-90-100(66-80)124-98-59-55-89-91-62-78(51-56-96(91)122(106(89)101(90)98)84-44-20-7-21-45-84)86-47-23-22-46-85(86)77-41-27-40-76(61-77)82-65-93(111-117-107(70-30-10-2-11-31-70)115-108(118-111)71-32-12-3-13-33-71)103(113-68-82)79-52-57-97-92(63-79)102-99(123-97)58-54-88-87-48-24-25-49-95(87)121(105(88)102)83-42-18-6-19-43-83/h1-68,112H,(H,116,119,120). The second kappa shape index (κ2) is 29.6. The van der Waals surface area contributed by atoms with Crippen molar-refractivity contribution in [2.75, 3.05) is 0 Å². The summed E-state index contributed by atoms with van der Waals surface area (Å²) in [5.74, 6) is 2.94. The minimum absolute atomic E-state index is 0.490. The Bertz CT molecular complexity index is 8190. The summed E-state index contributed by atoms with van der Waals surface area (Å²) in [4.78, 5) is 37.5. The van der Waals surface area contributed by atoms with Gasteiger partial charge in [0.2, 0.25) is 0 Å². The van der Waals surface area contributed by atoms with Gasteiger partial charge in [-0.3, -0.25) is 9.97 Å². The van der Waals surface area contributed by atoms with Gasteiger partial charge in [-0.1, -0.05) is 279 Å². The molecule has 0 spiro atoms. The number of aliphatic imine (C=N–C) groups is 2. The number of nitrogens with zero attached hydrogens (tertiary/aromatic N) is 9. The van der Waals surface area contributed by atoms with E-state index >= 15 is 0 Å². The van der Waals surface area contributed by atoms with Gasteiger partial charge >= 0.3 is 0 Å². The van der Waals surface area contributed by atoms with Crippen LogP contribution in [0.3, 0.4) is 0 Å². The highest BCUT2D eigenvalue weighted by Gasteiger charge is 2.29. The van der Waals surface area contributed by atoms with Gasteiger partial charge in [-0.2, -0.15) is 0 Å². The first-order valence-electron chi connectivity index (χ1n) is 41.7. The Hall–Kier alpha value is -16.8. The molecule has 1 unspecified atom stereocenters. The van der Waals surface area contributed by atoms with E-state index in [0.29, 0.717) is 29.0 Å². The molecule has 0 aliphatic carbocycles. The number of hydrogen-bond donors (Lipinski definition) is 1. The summed E-state index contributed by atoms with van der Waals surface area (Å²) in [6.07, 6.45) is 3.39. The molecule has 7 aromatic heterocycles. The van der Waals surface area contributed by atoms with E-state index in [4.69, 9.17) is 43.7 Å². The summed E-state index contributed by atoms with van der Waals surface area (Å²) in [6.45, 7) is 0. The summed E-state index contributed by atoms with van der Waals surface area (Å²) in [6, 6.07) is 140. The van der Waals surface area contributed by atoms with Gasteiger partial charge in [0.25, 0.3) is 0 Å². The molecule has 0 radical (unpaired) electrons. The molecule has 1 atom stereocenters. The highest BCUT2D eigenvalue weighted by Crippen LogP contribution is 2.48. The molecule has 1 N–H and O–H groups in total. The average molecular weight is 1590 g/mol. The predicted molar refractivity (Wildman–Crippen MR) is 505 cm³/mol. The molecule has 0 saturated carbocycles. The first kappa shape index (κ1) is 71.3. The van der Waals surface area contributed by atoms with Crippen molar-refractivity contribution in [1.29, 1.82) is 0 Å². The van der Waals surface area contributed by atoms with Crippen molar-refractivity contribution in [2.45, 2.75) is 6.17 Å². The zero-order chi connectivity index (χ0) is 81.7. The Labute approximate surface area is 712 Å². The number of aromatic nitrogens is 7. The fourth-order valence-electron chi connectivity index (χ4n) is 18.3. The van der Waals surface area contributed by atoms with E-state index in [2.05, 4.69) is 312 Å². The van der Waals surface area contributed by atoms with Crippen LogP contribution in [0.25, 0.3) is 211 Å². The molecule has 8 heterocycles. The third kappa shape index (κ3) is 12.3. The monoisotopic (exact) mass is 1590 g/mol. The van der Waals surface area contributed by atoms with Gasteiger partial charge in [-0.25, -0.2) is 24.9 Å². The molecule has 1 aliphatic heterocycles. The lowest BCUT2D eigenvalue weighted by molar-refractivity contribution is 0.668. The lowest BCUT2D eigenvalue weighted by Crippen LogP contribution is -2.34. The fourth-order valence-corrected chi connectivity index (χ4v) is 18.3. The lowest BCUT2D eigenvalue weighted by Gasteiger charge is -2.25. The van der Waals surface area contributed by atoms with Crippen molar-refractivity contribution in [1.82, 2.24) is 39.4 Å². The molecule has 0 bridgehead atoms. The van der Waals surface area contributed by atoms with Crippen LogP contribution in [0.2, 0.25) is 0 Å². The number of pyridine rings is 2. The van der Waals surface area contributed by atoms with Gasteiger partial charge in [-0.15, -0.1) is 0 Å². The second-order valence-electron chi connectivity index (χ2n) is 31.5. The van der Waals surface area contributed by atoms with Gasteiger partial charge in [0, 0.05) is 112 Å². The molecule has 0 saturated heterocycles. The maximum Gasteiger partial charge on any atom is 0.166 e. The van der Waals surface area contributed by atoms with E-state index in [-0.39, 0.29) is 0 Å². The maximum atomic E-state index is 7.13. The SMILES string of the molecule is c1ccc(C2=NC(c3cc(-c4cccc(-c5ccccc5)c4)cnc3-c3ccc4c(c3)oc3ccc5c6cc(-c7ccccc7-c7cccc(-c8cnc(-c9ccc%10oc%11ccc%12c%13ccccc%13n(-c%13ccccc%13)c%12c%11c%10c9)c(-c9nc(-c%10ccccc%10)nc(-c%10ccccc%10)n9)c8)c7)ccc6n(-c6ccccc6)c5c34)NC(c3ccccc3)=N2)cc1. The van der Waals surface area contributed by atoms with E-state index < -0.39 is 6.17 Å². The molecule has 12 nitrogen and oxygen atoms in total. The van der Waals surface area contributed by atoms with Crippen molar-refractivity contribution >= 4 is 99.2 Å². The van der Waals surface area contributed by atoms with Crippen LogP contribution in [0, 0.1) is 0 Å². The molecule has 0 amide bonds. The number of rotatable bonds is 15. The quantitative estimate of drug-likeness (QED) is 0.107. The number of para-hydroxylation sites is 3. The molecule has 24 rings (SSSR count). The highest BCUT2D eigenvalue weighted by atomic mass is 16.3. The third-order valence-electron chi connectivity index (χ3n) is 24.1. The van der Waals surface area contributed by atoms with E-state index in [1.807, 2.05) is 116 Å². The van der Waals surface area contributed by atoms with Crippen molar-refractivity contribution in [3.8, 4) is 124 Å². The summed E-state index contributed by atoms with van der Waals surface area (Å²) < 4.78 is 18.7. The molecule has 580 valence electrons. The Morgan fingerprint density at radius 3 is 1.35 bits per heavy atom.